The van der Waals surface area contributed by atoms with Gasteiger partial charge in [0.25, 0.3) is 0 Å². The average Bonchev–Trinajstić information content (AvgIpc) is 3.08. The number of rotatable bonds is 3. The summed E-state index contributed by atoms with van der Waals surface area (Å²) in [5.41, 5.74) is 1.90. The highest BCUT2D eigenvalue weighted by atomic mass is 35.5. The quantitative estimate of drug-likeness (QED) is 0.543. The van der Waals surface area contributed by atoms with E-state index in [0.717, 1.165) is 11.3 Å². The SMILES string of the molecule is FC(F)(F)c1ncc2c(n1)CCN(Cc1ccc(-c3ccc(Cl)cc3Cl)o1)C2. The van der Waals surface area contributed by atoms with Gasteiger partial charge in [-0.25, -0.2) is 9.97 Å². The lowest BCUT2D eigenvalue weighted by atomic mass is 10.1. The number of halogens is 5. The van der Waals surface area contributed by atoms with Crippen LogP contribution in [-0.2, 0) is 25.7 Å². The Morgan fingerprint density at radius 2 is 1.96 bits per heavy atom. The summed E-state index contributed by atoms with van der Waals surface area (Å²) in [6.07, 6.45) is -2.84. The molecule has 28 heavy (non-hydrogen) atoms. The van der Waals surface area contributed by atoms with Crippen LogP contribution in [0.5, 0.6) is 0 Å². The first-order chi connectivity index (χ1) is 13.3. The number of benzene rings is 1. The first-order valence-electron chi connectivity index (χ1n) is 8.48. The third kappa shape index (κ3) is 4.01. The van der Waals surface area contributed by atoms with Gasteiger partial charge in [0, 0.05) is 41.9 Å². The minimum Gasteiger partial charge on any atom is -0.460 e. The van der Waals surface area contributed by atoms with Crippen LogP contribution >= 0.6 is 23.2 Å². The fraction of sp³-hybridized carbons (Fsp3) is 0.263. The van der Waals surface area contributed by atoms with E-state index in [0.29, 0.717) is 53.1 Å². The van der Waals surface area contributed by atoms with Gasteiger partial charge in [-0.1, -0.05) is 23.2 Å². The van der Waals surface area contributed by atoms with E-state index in [1.807, 2.05) is 12.1 Å². The van der Waals surface area contributed by atoms with E-state index in [4.69, 9.17) is 27.6 Å². The summed E-state index contributed by atoms with van der Waals surface area (Å²) in [7, 11) is 0. The molecule has 0 spiro atoms. The summed E-state index contributed by atoms with van der Waals surface area (Å²) in [5.74, 6) is 0.278. The molecule has 0 N–H and O–H groups in total. The molecule has 3 aromatic rings. The molecule has 1 aliphatic rings. The van der Waals surface area contributed by atoms with Crippen LogP contribution in [0.25, 0.3) is 11.3 Å². The zero-order valence-electron chi connectivity index (χ0n) is 14.4. The van der Waals surface area contributed by atoms with Gasteiger partial charge < -0.3 is 4.42 Å². The van der Waals surface area contributed by atoms with Crippen LogP contribution in [0.4, 0.5) is 13.2 Å². The third-order valence-corrected chi connectivity index (χ3v) is 5.05. The maximum atomic E-state index is 12.8. The molecule has 0 amide bonds. The van der Waals surface area contributed by atoms with E-state index < -0.39 is 12.0 Å². The summed E-state index contributed by atoms with van der Waals surface area (Å²) in [5, 5.41) is 1.04. The van der Waals surface area contributed by atoms with Crippen LogP contribution in [-0.4, -0.2) is 21.4 Å². The average molecular weight is 428 g/mol. The van der Waals surface area contributed by atoms with Crippen molar-refractivity contribution in [3.8, 4) is 11.3 Å². The molecule has 0 atom stereocenters. The molecule has 146 valence electrons. The molecule has 0 radical (unpaired) electrons. The van der Waals surface area contributed by atoms with E-state index in [2.05, 4.69) is 14.9 Å². The van der Waals surface area contributed by atoms with Gasteiger partial charge in [0.15, 0.2) is 0 Å². The molecule has 2 aromatic heterocycles. The molecule has 1 aliphatic heterocycles. The van der Waals surface area contributed by atoms with Gasteiger partial charge in [-0.15, -0.1) is 0 Å². The molecule has 0 saturated heterocycles. The number of hydrogen-bond donors (Lipinski definition) is 0. The van der Waals surface area contributed by atoms with E-state index in [1.165, 1.54) is 6.20 Å². The minimum absolute atomic E-state index is 0.428. The van der Waals surface area contributed by atoms with Crippen molar-refractivity contribution in [3.05, 3.63) is 69.4 Å². The maximum Gasteiger partial charge on any atom is 0.451 e. The maximum absolute atomic E-state index is 12.8. The Kier molecular flexibility index (Phi) is 5.07. The second kappa shape index (κ2) is 7.39. The minimum atomic E-state index is -4.53. The summed E-state index contributed by atoms with van der Waals surface area (Å²) in [6, 6.07) is 8.87. The largest absolute Gasteiger partial charge is 0.460 e. The predicted octanol–water partition coefficient (Wildman–Crippen LogP) is 5.62. The molecule has 0 bridgehead atoms. The number of alkyl halides is 3. The second-order valence-corrected chi connectivity index (χ2v) is 7.36. The topological polar surface area (TPSA) is 42.2 Å². The normalized spacial score (nSPS) is 14.9. The number of fused-ring (bicyclic) bond motifs is 1. The lowest BCUT2D eigenvalue weighted by molar-refractivity contribution is -0.145. The van der Waals surface area contributed by atoms with Crippen molar-refractivity contribution in [3.63, 3.8) is 0 Å². The van der Waals surface area contributed by atoms with Gasteiger partial charge in [-0.05, 0) is 30.3 Å². The molecular weight excluding hydrogens is 414 g/mol. The molecule has 9 heteroatoms. The molecule has 4 rings (SSSR count). The highest BCUT2D eigenvalue weighted by molar-refractivity contribution is 6.36. The smallest absolute Gasteiger partial charge is 0.451 e. The van der Waals surface area contributed by atoms with E-state index in [-0.39, 0.29) is 0 Å². The third-order valence-electron chi connectivity index (χ3n) is 4.50. The number of furan rings is 1. The Morgan fingerprint density at radius 3 is 2.71 bits per heavy atom. The Bertz CT molecular complexity index is 1020. The van der Waals surface area contributed by atoms with Crippen LogP contribution in [0.15, 0.2) is 40.9 Å². The van der Waals surface area contributed by atoms with Crippen LogP contribution < -0.4 is 0 Å². The lowest BCUT2D eigenvalue weighted by Crippen LogP contribution is -2.31. The zero-order chi connectivity index (χ0) is 19.9. The molecule has 0 saturated carbocycles. The van der Waals surface area contributed by atoms with Gasteiger partial charge in [0.1, 0.15) is 11.5 Å². The fourth-order valence-electron chi connectivity index (χ4n) is 3.16. The van der Waals surface area contributed by atoms with Crippen LogP contribution in [0.2, 0.25) is 10.0 Å². The number of aromatic nitrogens is 2. The summed E-state index contributed by atoms with van der Waals surface area (Å²) < 4.78 is 44.1. The fourth-order valence-corrected chi connectivity index (χ4v) is 3.67. The van der Waals surface area contributed by atoms with Gasteiger partial charge in [-0.3, -0.25) is 4.90 Å². The molecule has 0 aliphatic carbocycles. The second-order valence-electron chi connectivity index (χ2n) is 6.51. The lowest BCUT2D eigenvalue weighted by Gasteiger charge is -2.27. The van der Waals surface area contributed by atoms with Crippen LogP contribution in [0.1, 0.15) is 22.8 Å². The van der Waals surface area contributed by atoms with E-state index >= 15 is 0 Å². The number of nitrogens with zero attached hydrogens (tertiary/aromatic N) is 3. The predicted molar refractivity (Wildman–Crippen MR) is 99.0 cm³/mol. The van der Waals surface area contributed by atoms with Gasteiger partial charge >= 0.3 is 6.18 Å². The number of hydrogen-bond acceptors (Lipinski definition) is 4. The molecule has 4 nitrogen and oxygen atoms in total. The van der Waals surface area contributed by atoms with Crippen molar-refractivity contribution in [2.45, 2.75) is 25.7 Å². The van der Waals surface area contributed by atoms with Gasteiger partial charge in [-0.2, -0.15) is 13.2 Å². The highest BCUT2D eigenvalue weighted by Crippen LogP contribution is 2.32. The van der Waals surface area contributed by atoms with Gasteiger partial charge in [0.05, 0.1) is 17.3 Å². The Labute approximate surface area is 168 Å². The molecule has 0 fully saturated rings. The molecular formula is C19H14Cl2F3N3O. The standard InChI is InChI=1S/C19H14Cl2F3N3O/c20-12-1-3-14(15(21)7-12)17-4-2-13(28-17)10-27-6-5-16-11(9-27)8-25-18(26-16)19(22,23)24/h1-4,7-8H,5-6,9-10H2. The highest BCUT2D eigenvalue weighted by Gasteiger charge is 2.35. The van der Waals surface area contributed by atoms with Crippen molar-refractivity contribution in [2.75, 3.05) is 6.54 Å². The van der Waals surface area contributed by atoms with E-state index in [9.17, 15) is 13.2 Å². The first-order valence-corrected chi connectivity index (χ1v) is 9.23. The van der Waals surface area contributed by atoms with Crippen molar-refractivity contribution >= 4 is 23.2 Å². The van der Waals surface area contributed by atoms with Crippen LogP contribution in [0, 0.1) is 0 Å². The molecule has 0 unspecified atom stereocenters. The molecule has 3 heterocycles. The Balaban J connectivity index is 1.47. The summed E-state index contributed by atoms with van der Waals surface area (Å²) in [4.78, 5) is 9.20. The Morgan fingerprint density at radius 1 is 1.14 bits per heavy atom. The van der Waals surface area contributed by atoms with Gasteiger partial charge in [0.2, 0.25) is 5.82 Å². The van der Waals surface area contributed by atoms with Crippen molar-refractivity contribution < 1.29 is 17.6 Å². The summed E-state index contributed by atoms with van der Waals surface area (Å²) in [6.45, 7) is 1.57. The summed E-state index contributed by atoms with van der Waals surface area (Å²) >= 11 is 12.1. The Hall–Kier alpha value is -2.09. The zero-order valence-corrected chi connectivity index (χ0v) is 15.9. The van der Waals surface area contributed by atoms with Crippen molar-refractivity contribution in [2.24, 2.45) is 0 Å². The van der Waals surface area contributed by atoms with Crippen molar-refractivity contribution in [1.29, 1.82) is 0 Å². The molecule has 1 aromatic carbocycles. The first kappa shape index (κ1) is 19.2. The van der Waals surface area contributed by atoms with Crippen molar-refractivity contribution in [1.82, 2.24) is 14.9 Å². The monoisotopic (exact) mass is 427 g/mol. The van der Waals surface area contributed by atoms with Crippen LogP contribution in [0.3, 0.4) is 0 Å². The van der Waals surface area contributed by atoms with E-state index in [1.54, 1.807) is 18.2 Å².